The monoisotopic (exact) mass is 541 g/mol. The first-order valence-electron chi connectivity index (χ1n) is 13.3. The molecule has 0 saturated carbocycles. The molecule has 2 saturated heterocycles. The normalized spacial score (nSPS) is 18.7. The van der Waals surface area contributed by atoms with E-state index in [1.807, 2.05) is 16.8 Å². The number of nitrogens with one attached hydrogen (secondary N) is 1. The summed E-state index contributed by atoms with van der Waals surface area (Å²) in [4.78, 5) is 20.1. The first-order valence-corrected chi connectivity index (χ1v) is 14.9. The predicted octanol–water partition coefficient (Wildman–Crippen LogP) is 3.49. The fourth-order valence-corrected chi connectivity index (χ4v) is 5.55. The summed E-state index contributed by atoms with van der Waals surface area (Å²) >= 11 is 0. The maximum Gasteiger partial charge on any atom is 0.283 e. The molecule has 3 aromatic rings. The number of anilines is 1. The molecular weight excluding hydrogens is 506 g/mol. The van der Waals surface area contributed by atoms with Gasteiger partial charge in [-0.15, -0.1) is 0 Å². The average Bonchev–Trinajstić information content (AvgIpc) is 3.33. The van der Waals surface area contributed by atoms with E-state index >= 15 is 0 Å². The quantitative estimate of drug-likeness (QED) is 0.483. The van der Waals surface area contributed by atoms with Gasteiger partial charge in [0.1, 0.15) is 5.69 Å². The molecule has 0 radical (unpaired) electrons. The van der Waals surface area contributed by atoms with Crippen LogP contribution in [0.4, 0.5) is 5.69 Å². The summed E-state index contributed by atoms with van der Waals surface area (Å²) in [5.74, 6) is -0.846. The maximum absolute atomic E-state index is 13.1. The zero-order chi connectivity index (χ0) is 26.9. The third kappa shape index (κ3) is 5.41. The van der Waals surface area contributed by atoms with Gasteiger partial charge in [0.15, 0.2) is 5.65 Å². The van der Waals surface area contributed by atoms with Crippen LogP contribution in [0.5, 0.6) is 0 Å². The van der Waals surface area contributed by atoms with Gasteiger partial charge < -0.3 is 14.4 Å². The Bertz CT molecular complexity index is 1410. The number of morpholine rings is 1. The van der Waals surface area contributed by atoms with E-state index in [1.54, 1.807) is 6.07 Å². The third-order valence-electron chi connectivity index (χ3n) is 7.13. The van der Waals surface area contributed by atoms with Crippen LogP contribution >= 0.6 is 0 Å². The Morgan fingerprint density at radius 1 is 1.13 bits per heavy atom. The number of pyridine rings is 1. The Hall–Kier alpha value is -3.02. The average molecular weight is 542 g/mol. The van der Waals surface area contributed by atoms with E-state index in [0.29, 0.717) is 32.1 Å². The molecule has 4 heterocycles. The van der Waals surface area contributed by atoms with Gasteiger partial charge >= 0.3 is 0 Å². The number of aromatic nitrogens is 3. The Labute approximate surface area is 223 Å². The highest BCUT2D eigenvalue weighted by Crippen LogP contribution is 2.37. The summed E-state index contributed by atoms with van der Waals surface area (Å²) in [5.41, 5.74) is 4.30. The van der Waals surface area contributed by atoms with Crippen LogP contribution in [-0.4, -0.2) is 74.4 Å². The minimum atomic E-state index is -3.75. The van der Waals surface area contributed by atoms with Crippen molar-refractivity contribution in [2.45, 2.75) is 45.6 Å². The van der Waals surface area contributed by atoms with Crippen LogP contribution in [0.1, 0.15) is 61.8 Å². The zero-order valence-corrected chi connectivity index (χ0v) is 23.0. The summed E-state index contributed by atoms with van der Waals surface area (Å²) in [6.45, 7) is 9.96. The number of sulfonamides is 1. The molecule has 38 heavy (non-hydrogen) atoms. The molecule has 1 unspecified atom stereocenters. The van der Waals surface area contributed by atoms with Crippen molar-refractivity contribution in [1.82, 2.24) is 19.5 Å². The van der Waals surface area contributed by atoms with Crippen molar-refractivity contribution in [1.29, 1.82) is 0 Å². The second-order valence-electron chi connectivity index (χ2n) is 10.1. The van der Waals surface area contributed by atoms with Crippen molar-refractivity contribution in [3.63, 3.8) is 0 Å². The highest BCUT2D eigenvalue weighted by Gasteiger charge is 2.27. The van der Waals surface area contributed by atoms with E-state index in [4.69, 9.17) is 19.6 Å². The Morgan fingerprint density at radius 2 is 1.87 bits per heavy atom. The summed E-state index contributed by atoms with van der Waals surface area (Å²) in [6, 6.07) is 9.89. The van der Waals surface area contributed by atoms with E-state index in [9.17, 15) is 13.2 Å². The number of carbonyl (C=O) groups excluding carboxylic acids is 1. The fourth-order valence-electron chi connectivity index (χ4n) is 5.02. The lowest BCUT2D eigenvalue weighted by atomic mass is 9.97. The summed E-state index contributed by atoms with van der Waals surface area (Å²) in [5, 5.41) is 5.86. The third-order valence-corrected chi connectivity index (χ3v) is 8.39. The molecule has 1 aromatic carbocycles. The topological polar surface area (TPSA) is 116 Å². The molecule has 5 rings (SSSR count). The molecule has 2 aromatic heterocycles. The Morgan fingerprint density at radius 3 is 2.50 bits per heavy atom. The lowest BCUT2D eigenvalue weighted by Gasteiger charge is -2.29. The number of rotatable bonds is 7. The number of ether oxygens (including phenoxy) is 2. The highest BCUT2D eigenvalue weighted by molar-refractivity contribution is 7.90. The molecule has 0 bridgehead atoms. The first-order chi connectivity index (χ1) is 18.3. The molecule has 1 N–H and O–H groups in total. The van der Waals surface area contributed by atoms with Crippen molar-refractivity contribution >= 4 is 32.7 Å². The maximum atomic E-state index is 13.1. The zero-order valence-electron chi connectivity index (χ0n) is 22.1. The van der Waals surface area contributed by atoms with E-state index in [0.717, 1.165) is 53.8 Å². The SMILES string of the molecule is CCS(=O)(=O)NC(=O)c1cc(-c2ccc(N3CCOCC3)cc2)c2c(C(C)C)nn(C3CCCOC3)c2n1. The predicted molar refractivity (Wildman–Crippen MR) is 146 cm³/mol. The van der Waals surface area contributed by atoms with Crippen LogP contribution in [0.3, 0.4) is 0 Å². The number of nitrogens with zero attached hydrogens (tertiary/aromatic N) is 4. The number of amides is 1. The summed E-state index contributed by atoms with van der Waals surface area (Å²) < 4.78 is 39.6. The lowest BCUT2D eigenvalue weighted by molar-refractivity contribution is 0.0561. The molecule has 0 spiro atoms. The van der Waals surface area contributed by atoms with Gasteiger partial charge in [-0.2, -0.15) is 5.10 Å². The second-order valence-corrected chi connectivity index (χ2v) is 12.1. The minimum absolute atomic E-state index is 0.0134. The number of hydrogen-bond acceptors (Lipinski definition) is 8. The van der Waals surface area contributed by atoms with Crippen molar-refractivity contribution in [2.24, 2.45) is 0 Å². The molecule has 0 aliphatic carbocycles. The summed E-state index contributed by atoms with van der Waals surface area (Å²) in [6.07, 6.45) is 1.80. The van der Waals surface area contributed by atoms with Gasteiger partial charge in [0.2, 0.25) is 10.0 Å². The Balaban J connectivity index is 1.67. The molecule has 204 valence electrons. The van der Waals surface area contributed by atoms with Gasteiger partial charge in [-0.25, -0.2) is 22.8 Å². The van der Waals surface area contributed by atoms with E-state index < -0.39 is 15.9 Å². The van der Waals surface area contributed by atoms with Crippen molar-refractivity contribution < 1.29 is 22.7 Å². The molecule has 11 heteroatoms. The van der Waals surface area contributed by atoms with Crippen LogP contribution in [0.25, 0.3) is 22.2 Å². The number of carbonyl (C=O) groups is 1. The lowest BCUT2D eigenvalue weighted by Crippen LogP contribution is -2.36. The number of fused-ring (bicyclic) bond motifs is 1. The van der Waals surface area contributed by atoms with Gasteiger partial charge in [0.05, 0.1) is 42.7 Å². The molecule has 1 atom stereocenters. The van der Waals surface area contributed by atoms with Crippen LogP contribution in [-0.2, 0) is 19.5 Å². The van der Waals surface area contributed by atoms with Crippen LogP contribution in [0.15, 0.2) is 30.3 Å². The molecule has 2 aliphatic rings. The van der Waals surface area contributed by atoms with E-state index in [1.165, 1.54) is 6.92 Å². The van der Waals surface area contributed by atoms with Gasteiger partial charge in [-0.05, 0) is 55.0 Å². The molecular formula is C27H35N5O5S. The van der Waals surface area contributed by atoms with Gasteiger partial charge in [0, 0.05) is 25.4 Å². The van der Waals surface area contributed by atoms with E-state index in [-0.39, 0.29) is 23.4 Å². The standard InChI is InChI=1S/C27H35N5O5S/c1-4-38(34,35)30-27(33)23-16-22(19-7-9-20(10-8-19)31-11-14-36-15-12-31)24-25(18(2)3)29-32(26(24)28-23)21-6-5-13-37-17-21/h7-10,16,18,21H,4-6,11-15,17H2,1-3H3,(H,30,33). The van der Waals surface area contributed by atoms with Crippen LogP contribution < -0.4 is 9.62 Å². The minimum Gasteiger partial charge on any atom is -0.379 e. The van der Waals surface area contributed by atoms with E-state index in [2.05, 4.69) is 35.6 Å². The van der Waals surface area contributed by atoms with Gasteiger partial charge in [-0.3, -0.25) is 4.79 Å². The Kier molecular flexibility index (Phi) is 7.69. The molecule has 10 nitrogen and oxygen atoms in total. The second kappa shape index (κ2) is 11.0. The van der Waals surface area contributed by atoms with Gasteiger partial charge in [0.25, 0.3) is 5.91 Å². The van der Waals surface area contributed by atoms with Gasteiger partial charge in [-0.1, -0.05) is 26.0 Å². The highest BCUT2D eigenvalue weighted by atomic mass is 32.2. The van der Waals surface area contributed by atoms with Crippen molar-refractivity contribution in [2.75, 3.05) is 50.2 Å². The number of hydrogen-bond donors (Lipinski definition) is 1. The smallest absolute Gasteiger partial charge is 0.283 e. The van der Waals surface area contributed by atoms with Crippen molar-refractivity contribution in [3.8, 4) is 11.1 Å². The largest absolute Gasteiger partial charge is 0.379 e. The first kappa shape index (κ1) is 26.6. The van der Waals surface area contributed by atoms with Crippen LogP contribution in [0, 0.1) is 0 Å². The molecule has 2 aliphatic heterocycles. The number of benzene rings is 1. The van der Waals surface area contributed by atoms with Crippen LogP contribution in [0.2, 0.25) is 0 Å². The molecule has 2 fully saturated rings. The fraction of sp³-hybridized carbons (Fsp3) is 0.519. The molecule has 1 amide bonds. The summed E-state index contributed by atoms with van der Waals surface area (Å²) in [7, 11) is -3.75. The van der Waals surface area contributed by atoms with Crippen molar-refractivity contribution in [3.05, 3.63) is 41.7 Å².